The maximum atomic E-state index is 11.6. The zero-order chi connectivity index (χ0) is 12.1. The zero-order valence-corrected chi connectivity index (χ0v) is 11.1. The van der Waals surface area contributed by atoms with Gasteiger partial charge in [-0.15, -0.1) is 0 Å². The molecule has 0 amide bonds. The van der Waals surface area contributed by atoms with Crippen LogP contribution in [0.3, 0.4) is 0 Å². The Morgan fingerprint density at radius 1 is 0.944 bits per heavy atom. The fourth-order valence-corrected chi connectivity index (χ4v) is 5.16. The van der Waals surface area contributed by atoms with Crippen molar-refractivity contribution in [1.29, 1.82) is 0 Å². The lowest BCUT2D eigenvalue weighted by molar-refractivity contribution is -0.114. The van der Waals surface area contributed by atoms with Gasteiger partial charge in [-0.05, 0) is 73.5 Å². The number of rotatable bonds is 0. The van der Waals surface area contributed by atoms with E-state index < -0.39 is 0 Å². The van der Waals surface area contributed by atoms with Gasteiger partial charge in [0.25, 0.3) is 0 Å². The number of hydrogen-bond donors (Lipinski definition) is 0. The summed E-state index contributed by atoms with van der Waals surface area (Å²) in [6.07, 6.45) is 13.5. The van der Waals surface area contributed by atoms with E-state index in [4.69, 9.17) is 0 Å². The van der Waals surface area contributed by atoms with Gasteiger partial charge in [-0.2, -0.15) is 0 Å². The first-order chi connectivity index (χ1) is 8.83. The summed E-state index contributed by atoms with van der Waals surface area (Å²) in [4.78, 5) is 11.6. The first kappa shape index (κ1) is 11.0. The SMILES string of the molecule is O=C1C=C2CC[C@@H]3C(=C2CC1)CC[C@@H]1CCC[C@H]13. The van der Waals surface area contributed by atoms with Crippen LogP contribution in [0.15, 0.2) is 22.8 Å². The largest absolute Gasteiger partial charge is 0.295 e. The molecule has 1 heteroatoms. The van der Waals surface area contributed by atoms with Crippen molar-refractivity contribution >= 4 is 5.78 Å². The lowest BCUT2D eigenvalue weighted by Crippen LogP contribution is -2.30. The molecule has 0 N–H and O–H groups in total. The lowest BCUT2D eigenvalue weighted by atomic mass is 9.63. The van der Waals surface area contributed by atoms with Gasteiger partial charge in [0.1, 0.15) is 0 Å². The standard InChI is InChI=1S/C17H22O/c18-13-6-9-15-12(10-13)5-8-16-14-3-1-2-11(14)4-7-17(15)16/h10-11,14,16H,1-9H2/t11-,14+,16-/m0/s1. The molecule has 0 spiro atoms. The molecule has 4 aliphatic carbocycles. The van der Waals surface area contributed by atoms with E-state index in [9.17, 15) is 4.79 Å². The summed E-state index contributed by atoms with van der Waals surface area (Å²) < 4.78 is 0. The second-order valence-electron chi connectivity index (χ2n) is 6.68. The fraction of sp³-hybridized carbons (Fsp3) is 0.706. The second kappa shape index (κ2) is 4.08. The molecule has 2 fully saturated rings. The van der Waals surface area contributed by atoms with Crippen LogP contribution >= 0.6 is 0 Å². The summed E-state index contributed by atoms with van der Waals surface area (Å²) in [7, 11) is 0. The van der Waals surface area contributed by atoms with Gasteiger partial charge in [-0.25, -0.2) is 0 Å². The molecule has 4 rings (SSSR count). The molecule has 1 nitrogen and oxygen atoms in total. The number of fused-ring (bicyclic) bond motifs is 4. The van der Waals surface area contributed by atoms with Gasteiger partial charge in [0.2, 0.25) is 0 Å². The molecule has 96 valence electrons. The van der Waals surface area contributed by atoms with Gasteiger partial charge in [0.05, 0.1) is 0 Å². The van der Waals surface area contributed by atoms with Gasteiger partial charge in [0.15, 0.2) is 5.78 Å². The maximum Gasteiger partial charge on any atom is 0.156 e. The predicted molar refractivity (Wildman–Crippen MR) is 72.1 cm³/mol. The summed E-state index contributed by atoms with van der Waals surface area (Å²) in [5.41, 5.74) is 4.81. The average Bonchev–Trinajstić information content (AvgIpc) is 2.86. The Kier molecular flexibility index (Phi) is 2.50. The van der Waals surface area contributed by atoms with Crippen LogP contribution in [-0.2, 0) is 4.79 Å². The molecule has 0 heterocycles. The van der Waals surface area contributed by atoms with E-state index in [2.05, 4.69) is 0 Å². The zero-order valence-electron chi connectivity index (χ0n) is 11.1. The third-order valence-electron chi connectivity index (χ3n) is 5.92. The fourth-order valence-electron chi connectivity index (χ4n) is 5.16. The highest BCUT2D eigenvalue weighted by molar-refractivity contribution is 5.93. The molecule has 3 atom stereocenters. The van der Waals surface area contributed by atoms with Crippen molar-refractivity contribution in [1.82, 2.24) is 0 Å². The molecule has 2 saturated carbocycles. The smallest absolute Gasteiger partial charge is 0.156 e. The van der Waals surface area contributed by atoms with Crippen LogP contribution in [0.25, 0.3) is 0 Å². The Labute approximate surface area is 109 Å². The molecule has 0 aromatic rings. The normalized spacial score (nSPS) is 39.0. The number of carbonyl (C=O) groups is 1. The van der Waals surface area contributed by atoms with Crippen molar-refractivity contribution in [3.8, 4) is 0 Å². The Morgan fingerprint density at radius 2 is 1.89 bits per heavy atom. The topological polar surface area (TPSA) is 17.1 Å². The van der Waals surface area contributed by atoms with Crippen LogP contribution in [0, 0.1) is 17.8 Å². The average molecular weight is 242 g/mol. The van der Waals surface area contributed by atoms with E-state index in [1.807, 2.05) is 6.08 Å². The molecule has 0 aliphatic heterocycles. The highest BCUT2D eigenvalue weighted by Crippen LogP contribution is 2.54. The van der Waals surface area contributed by atoms with Crippen molar-refractivity contribution in [2.45, 2.75) is 57.8 Å². The molecule has 4 aliphatic rings. The minimum absolute atomic E-state index is 0.363. The van der Waals surface area contributed by atoms with E-state index in [0.717, 1.165) is 30.6 Å². The maximum absolute atomic E-state index is 11.6. The van der Waals surface area contributed by atoms with E-state index in [1.54, 1.807) is 11.1 Å². The molecule has 0 aromatic heterocycles. The third-order valence-corrected chi connectivity index (χ3v) is 5.92. The van der Waals surface area contributed by atoms with Gasteiger partial charge in [-0.1, -0.05) is 18.4 Å². The van der Waals surface area contributed by atoms with E-state index >= 15 is 0 Å². The van der Waals surface area contributed by atoms with Crippen LogP contribution in [0.5, 0.6) is 0 Å². The highest BCUT2D eigenvalue weighted by atomic mass is 16.1. The molecule has 0 aromatic carbocycles. The van der Waals surface area contributed by atoms with E-state index in [0.29, 0.717) is 5.78 Å². The molecule has 18 heavy (non-hydrogen) atoms. The van der Waals surface area contributed by atoms with Crippen LogP contribution in [0.1, 0.15) is 57.8 Å². The minimum atomic E-state index is 0.363. The summed E-state index contributed by atoms with van der Waals surface area (Å²) in [6.45, 7) is 0. The van der Waals surface area contributed by atoms with Crippen molar-refractivity contribution in [3.05, 3.63) is 22.8 Å². The Balaban J connectivity index is 1.74. The first-order valence-electron chi connectivity index (χ1n) is 7.78. The second-order valence-corrected chi connectivity index (χ2v) is 6.68. The van der Waals surface area contributed by atoms with E-state index in [-0.39, 0.29) is 0 Å². The lowest BCUT2D eigenvalue weighted by Gasteiger charge is -2.42. The van der Waals surface area contributed by atoms with Gasteiger partial charge in [0, 0.05) is 6.42 Å². The van der Waals surface area contributed by atoms with Crippen LogP contribution in [0.2, 0.25) is 0 Å². The Hall–Kier alpha value is -0.850. The summed E-state index contributed by atoms with van der Waals surface area (Å²) in [5.74, 6) is 3.30. The van der Waals surface area contributed by atoms with Gasteiger partial charge >= 0.3 is 0 Å². The molecule has 0 bridgehead atoms. The molecule has 0 unspecified atom stereocenters. The van der Waals surface area contributed by atoms with Crippen molar-refractivity contribution in [2.75, 3.05) is 0 Å². The quantitative estimate of drug-likeness (QED) is 0.622. The predicted octanol–water partition coefficient (Wildman–Crippen LogP) is 4.19. The Morgan fingerprint density at radius 3 is 2.83 bits per heavy atom. The van der Waals surface area contributed by atoms with Crippen LogP contribution < -0.4 is 0 Å². The number of allylic oxidation sites excluding steroid dienone is 4. The minimum Gasteiger partial charge on any atom is -0.295 e. The van der Waals surface area contributed by atoms with Crippen LogP contribution in [-0.4, -0.2) is 5.78 Å². The summed E-state index contributed by atoms with van der Waals surface area (Å²) in [5, 5.41) is 0. The number of ketones is 1. The Bertz CT molecular complexity index is 454. The van der Waals surface area contributed by atoms with Crippen LogP contribution in [0.4, 0.5) is 0 Å². The molecule has 0 saturated heterocycles. The summed E-state index contributed by atoms with van der Waals surface area (Å²) >= 11 is 0. The van der Waals surface area contributed by atoms with Crippen molar-refractivity contribution < 1.29 is 4.79 Å². The first-order valence-corrected chi connectivity index (χ1v) is 7.78. The molecular weight excluding hydrogens is 220 g/mol. The number of carbonyl (C=O) groups excluding carboxylic acids is 1. The van der Waals surface area contributed by atoms with E-state index in [1.165, 1.54) is 50.5 Å². The van der Waals surface area contributed by atoms with Crippen molar-refractivity contribution in [2.24, 2.45) is 17.8 Å². The van der Waals surface area contributed by atoms with Gasteiger partial charge < -0.3 is 0 Å². The third kappa shape index (κ3) is 1.56. The molecule has 0 radical (unpaired) electrons. The van der Waals surface area contributed by atoms with Gasteiger partial charge in [-0.3, -0.25) is 4.79 Å². The highest BCUT2D eigenvalue weighted by Gasteiger charge is 2.41. The van der Waals surface area contributed by atoms with Crippen molar-refractivity contribution in [3.63, 3.8) is 0 Å². The monoisotopic (exact) mass is 242 g/mol. The number of hydrogen-bond acceptors (Lipinski definition) is 1. The molecular formula is C17H22O. The summed E-state index contributed by atoms with van der Waals surface area (Å²) in [6, 6.07) is 0.